The molecule has 0 spiro atoms. The average Bonchev–Trinajstić information content (AvgIpc) is 3.64. The Balaban J connectivity index is 1.10. The highest BCUT2D eigenvalue weighted by Gasteiger charge is 2.37. The van der Waals surface area contributed by atoms with Crippen molar-refractivity contribution in [2.45, 2.75) is 36.7 Å². The number of hydrogen-bond acceptors (Lipinski definition) is 12. The third-order valence-corrected chi connectivity index (χ3v) is 10.6. The number of nitro benzene ring substituents is 1. The van der Waals surface area contributed by atoms with Gasteiger partial charge in [-0.25, -0.2) is 9.59 Å². The lowest BCUT2D eigenvalue weighted by Crippen LogP contribution is -2.29. The minimum Gasteiger partial charge on any atom is -0.497 e. The van der Waals surface area contributed by atoms with Gasteiger partial charge < -0.3 is 28.8 Å². The largest absolute Gasteiger partial charge is 0.497 e. The number of ether oxygens (including phenoxy) is 3. The number of hydrogen-bond donors (Lipinski definition) is 2. The second-order valence-corrected chi connectivity index (χ2v) is 14.3. The molecule has 1 amide bonds. The second-order valence-electron chi connectivity index (χ2n) is 13.4. The van der Waals surface area contributed by atoms with Gasteiger partial charge in [-0.1, -0.05) is 91.0 Å². The molecule has 6 aromatic rings. The molecule has 1 aliphatic rings. The number of carbonyl (C=O) groups is 2. The molecule has 59 heavy (non-hydrogen) atoms. The van der Waals surface area contributed by atoms with Crippen molar-refractivity contribution in [2.75, 3.05) is 19.0 Å². The molecule has 7 rings (SSSR count). The van der Waals surface area contributed by atoms with Crippen LogP contribution >= 0.6 is 12.0 Å². The Bertz CT molecular complexity index is 2430. The number of esters is 1. The number of nitro groups is 1. The maximum atomic E-state index is 14.0. The number of nitrogens with one attached hydrogen (secondary N) is 1. The average molecular weight is 815 g/mol. The van der Waals surface area contributed by atoms with Gasteiger partial charge in [0.2, 0.25) is 0 Å². The molecule has 0 radical (unpaired) electrons. The van der Waals surface area contributed by atoms with Gasteiger partial charge in [0.1, 0.15) is 30.5 Å². The molecule has 14 nitrogen and oxygen atoms in total. The minimum absolute atomic E-state index is 0.0282. The van der Waals surface area contributed by atoms with Gasteiger partial charge in [0.05, 0.1) is 35.6 Å². The molecule has 5 aromatic carbocycles. The van der Waals surface area contributed by atoms with Crippen LogP contribution in [0.4, 0.5) is 11.5 Å². The molecule has 0 saturated carbocycles. The van der Waals surface area contributed by atoms with Crippen LogP contribution in [0.1, 0.15) is 55.3 Å². The first-order valence-electron chi connectivity index (χ1n) is 18.5. The van der Waals surface area contributed by atoms with Crippen LogP contribution in [0.15, 0.2) is 144 Å². The van der Waals surface area contributed by atoms with Gasteiger partial charge in [-0.3, -0.25) is 19.5 Å². The highest BCUT2D eigenvalue weighted by atomic mass is 32.2. The van der Waals surface area contributed by atoms with E-state index in [1.807, 2.05) is 60.7 Å². The molecule has 0 bridgehead atoms. The first kappa shape index (κ1) is 40.5. The summed E-state index contributed by atoms with van der Waals surface area (Å²) in [6, 6.07) is 38.8. The Morgan fingerprint density at radius 1 is 0.949 bits per heavy atom. The van der Waals surface area contributed by atoms with E-state index in [9.17, 15) is 29.6 Å². The van der Waals surface area contributed by atoms with E-state index in [1.165, 1.54) is 37.5 Å². The van der Waals surface area contributed by atoms with Crippen LogP contribution in [-0.2, 0) is 20.3 Å². The molecule has 300 valence electrons. The Hall–Kier alpha value is -6.65. The first-order valence-corrected chi connectivity index (χ1v) is 19.3. The zero-order valence-corrected chi connectivity index (χ0v) is 32.4. The van der Waals surface area contributed by atoms with Gasteiger partial charge in [-0.15, -0.1) is 0 Å². The lowest BCUT2D eigenvalue weighted by Gasteiger charge is -2.19. The van der Waals surface area contributed by atoms with Crippen molar-refractivity contribution in [2.24, 2.45) is 0 Å². The lowest BCUT2D eigenvalue weighted by atomic mass is 9.93. The van der Waals surface area contributed by atoms with Crippen molar-refractivity contribution in [3.05, 3.63) is 188 Å². The van der Waals surface area contributed by atoms with Crippen LogP contribution < -0.4 is 15.7 Å². The van der Waals surface area contributed by atoms with Crippen molar-refractivity contribution >= 4 is 35.4 Å². The summed E-state index contributed by atoms with van der Waals surface area (Å²) < 4.78 is 24.4. The third kappa shape index (κ3) is 9.73. The standard InChI is InChI=1S/C44H38N4O10S/c1-55-34-19-17-28(18-20-34)40-32(26-57-59-41(29-11-5-2-6-12-29)30-13-7-3-8-14-30)23-33(48(53)54)24-35(40)43(51)56-27-37-36(49)25-39(58-37)47-22-21-38(46-44(47)52)45-42(50)31-15-9-4-10-16-31/h2-24,36-37,39,41,49H,25-27H2,1H3,(H,45,46,50,52)/t36-,37+,39+/m0/s1. The molecule has 1 saturated heterocycles. The lowest BCUT2D eigenvalue weighted by molar-refractivity contribution is -0.385. The predicted octanol–water partition coefficient (Wildman–Crippen LogP) is 7.54. The Kier molecular flexibility index (Phi) is 12.9. The van der Waals surface area contributed by atoms with E-state index in [0.717, 1.165) is 21.8 Å². The summed E-state index contributed by atoms with van der Waals surface area (Å²) in [6.45, 7) is -0.556. The van der Waals surface area contributed by atoms with E-state index in [4.69, 9.17) is 18.4 Å². The number of methoxy groups -OCH3 is 1. The Labute approximate surface area is 342 Å². The van der Waals surface area contributed by atoms with Gasteiger partial charge in [0.25, 0.3) is 11.6 Å². The van der Waals surface area contributed by atoms with Crippen molar-refractivity contribution in [1.82, 2.24) is 9.55 Å². The number of aliphatic hydroxyl groups excluding tert-OH is 1. The number of non-ortho nitro benzene ring substituents is 1. The first-order chi connectivity index (χ1) is 28.7. The molecular formula is C44H38N4O10S. The summed E-state index contributed by atoms with van der Waals surface area (Å²) >= 11 is 1.19. The molecule has 3 atom stereocenters. The maximum Gasteiger partial charge on any atom is 0.351 e. The van der Waals surface area contributed by atoms with E-state index in [0.29, 0.717) is 28.0 Å². The number of benzene rings is 5. The fraction of sp³-hybridized carbons (Fsp3) is 0.182. The van der Waals surface area contributed by atoms with E-state index in [1.54, 1.807) is 54.6 Å². The zero-order valence-electron chi connectivity index (χ0n) is 31.6. The normalized spacial score (nSPS) is 16.1. The molecule has 1 aromatic heterocycles. The molecular weight excluding hydrogens is 777 g/mol. The Morgan fingerprint density at radius 2 is 1.59 bits per heavy atom. The SMILES string of the molecule is COc1ccc(-c2c(COSC(c3ccccc3)c3ccccc3)cc([N+](=O)[O-])cc2C(=O)OC[C@H]2O[C@@H](n3ccc(NC(=O)c4ccccc4)nc3=O)C[C@@H]2O)cc1. The van der Waals surface area contributed by atoms with Crippen LogP contribution in [0.2, 0.25) is 0 Å². The van der Waals surface area contributed by atoms with Crippen molar-refractivity contribution in [3.8, 4) is 16.9 Å². The summed E-state index contributed by atoms with van der Waals surface area (Å²) in [6.07, 6.45) is -1.80. The number of aromatic nitrogens is 2. The van der Waals surface area contributed by atoms with Crippen LogP contribution in [0.5, 0.6) is 5.75 Å². The molecule has 0 aliphatic carbocycles. The number of nitrogens with zero attached hydrogens (tertiary/aromatic N) is 3. The van der Waals surface area contributed by atoms with Gasteiger partial charge in [0.15, 0.2) is 0 Å². The molecule has 2 N–H and O–H groups in total. The third-order valence-electron chi connectivity index (χ3n) is 9.60. The molecule has 1 aliphatic heterocycles. The number of aliphatic hydroxyl groups is 1. The summed E-state index contributed by atoms with van der Waals surface area (Å²) in [5, 5.41) is 25.5. The van der Waals surface area contributed by atoms with E-state index >= 15 is 0 Å². The molecule has 15 heteroatoms. The number of rotatable bonds is 15. The second kappa shape index (κ2) is 18.7. The number of anilines is 1. The molecule has 1 fully saturated rings. The van der Waals surface area contributed by atoms with Crippen LogP contribution in [0, 0.1) is 10.1 Å². The summed E-state index contributed by atoms with van der Waals surface area (Å²) in [4.78, 5) is 55.1. The predicted molar refractivity (Wildman–Crippen MR) is 220 cm³/mol. The number of carbonyl (C=O) groups excluding carboxylic acids is 2. The zero-order chi connectivity index (χ0) is 41.3. The highest BCUT2D eigenvalue weighted by Crippen LogP contribution is 2.39. The monoisotopic (exact) mass is 814 g/mol. The van der Waals surface area contributed by atoms with Crippen molar-refractivity contribution in [1.29, 1.82) is 0 Å². The van der Waals surface area contributed by atoms with Crippen LogP contribution in [0.3, 0.4) is 0 Å². The smallest absolute Gasteiger partial charge is 0.351 e. The van der Waals surface area contributed by atoms with Crippen LogP contribution in [0.25, 0.3) is 11.1 Å². The van der Waals surface area contributed by atoms with E-state index in [2.05, 4.69) is 10.3 Å². The summed E-state index contributed by atoms with van der Waals surface area (Å²) in [5.74, 6) is -0.757. The summed E-state index contributed by atoms with van der Waals surface area (Å²) in [5.41, 5.74) is 2.43. The Morgan fingerprint density at radius 3 is 2.20 bits per heavy atom. The van der Waals surface area contributed by atoms with Crippen LogP contribution in [-0.4, -0.2) is 57.4 Å². The van der Waals surface area contributed by atoms with Crippen molar-refractivity contribution in [3.63, 3.8) is 0 Å². The van der Waals surface area contributed by atoms with Gasteiger partial charge in [0, 0.05) is 47.9 Å². The topological polar surface area (TPSA) is 181 Å². The minimum atomic E-state index is -1.15. The fourth-order valence-corrected chi connectivity index (χ4v) is 7.51. The maximum absolute atomic E-state index is 14.0. The van der Waals surface area contributed by atoms with Crippen molar-refractivity contribution < 1.29 is 38.0 Å². The molecule has 0 unspecified atom stereocenters. The quantitative estimate of drug-likeness (QED) is 0.0451. The van der Waals surface area contributed by atoms with Gasteiger partial charge in [-0.05, 0) is 52.6 Å². The number of amides is 1. The summed E-state index contributed by atoms with van der Waals surface area (Å²) in [7, 11) is 1.52. The molecule has 2 heterocycles. The fourth-order valence-electron chi connectivity index (χ4n) is 6.64. The van der Waals surface area contributed by atoms with E-state index in [-0.39, 0.29) is 35.3 Å². The van der Waals surface area contributed by atoms with E-state index < -0.39 is 47.5 Å². The van der Waals surface area contributed by atoms with Gasteiger partial charge >= 0.3 is 11.7 Å². The van der Waals surface area contributed by atoms with Gasteiger partial charge in [-0.2, -0.15) is 4.98 Å². The highest BCUT2D eigenvalue weighted by molar-refractivity contribution is 7.95.